The smallest absolute Gasteiger partial charge is 0.306 e. The molecule has 12 heavy (non-hydrogen) atoms. The van der Waals surface area contributed by atoms with Crippen molar-refractivity contribution in [1.82, 2.24) is 0 Å². The lowest BCUT2D eigenvalue weighted by molar-refractivity contribution is -0.150. The van der Waals surface area contributed by atoms with Gasteiger partial charge in [-0.3, -0.25) is 4.79 Å². The molecule has 1 unspecified atom stereocenters. The normalized spacial score (nSPS) is 25.8. The van der Waals surface area contributed by atoms with Gasteiger partial charge in [0, 0.05) is 6.42 Å². The molecule has 0 radical (unpaired) electrons. The molecule has 1 aliphatic heterocycles. The van der Waals surface area contributed by atoms with Crippen molar-refractivity contribution in [2.45, 2.75) is 58.0 Å². The Hall–Kier alpha value is -0.530. The van der Waals surface area contributed by atoms with E-state index in [2.05, 4.69) is 6.92 Å². The zero-order valence-corrected chi connectivity index (χ0v) is 7.84. The lowest BCUT2D eigenvalue weighted by Crippen LogP contribution is -2.19. The Morgan fingerprint density at radius 3 is 3.00 bits per heavy atom. The van der Waals surface area contributed by atoms with Crippen LogP contribution in [0.2, 0.25) is 0 Å². The van der Waals surface area contributed by atoms with Gasteiger partial charge in [0.25, 0.3) is 0 Å². The first kappa shape index (κ1) is 9.56. The van der Waals surface area contributed by atoms with Gasteiger partial charge in [0.1, 0.15) is 6.10 Å². The summed E-state index contributed by atoms with van der Waals surface area (Å²) in [5.41, 5.74) is 0. The number of carbonyl (C=O) groups excluding carboxylic acids is 1. The molecule has 0 aromatic heterocycles. The molecule has 1 fully saturated rings. The molecule has 0 aromatic carbocycles. The first-order valence-corrected chi connectivity index (χ1v) is 5.02. The van der Waals surface area contributed by atoms with Crippen molar-refractivity contribution < 1.29 is 9.53 Å². The highest BCUT2D eigenvalue weighted by Crippen LogP contribution is 2.17. The van der Waals surface area contributed by atoms with E-state index in [1.807, 2.05) is 0 Å². The molecule has 1 atom stereocenters. The molecule has 70 valence electrons. The van der Waals surface area contributed by atoms with Crippen molar-refractivity contribution in [3.05, 3.63) is 0 Å². The molecule has 0 aliphatic carbocycles. The quantitative estimate of drug-likeness (QED) is 0.595. The fourth-order valence-electron chi connectivity index (χ4n) is 1.65. The maximum Gasteiger partial charge on any atom is 0.306 e. The minimum atomic E-state index is 0.00755. The van der Waals surface area contributed by atoms with Crippen molar-refractivity contribution in [3.8, 4) is 0 Å². The Bertz CT molecular complexity index is 143. The third-order valence-electron chi connectivity index (χ3n) is 2.32. The van der Waals surface area contributed by atoms with E-state index in [4.69, 9.17) is 4.74 Å². The second kappa shape index (κ2) is 5.18. The SMILES string of the molecule is CCCC1CCCCCC(=O)O1. The topological polar surface area (TPSA) is 26.3 Å². The van der Waals surface area contributed by atoms with Crippen LogP contribution in [0.3, 0.4) is 0 Å². The van der Waals surface area contributed by atoms with Gasteiger partial charge in [-0.1, -0.05) is 19.8 Å². The molecule has 0 spiro atoms. The molecule has 1 aliphatic rings. The summed E-state index contributed by atoms with van der Waals surface area (Å²) >= 11 is 0. The number of hydrogen-bond acceptors (Lipinski definition) is 2. The van der Waals surface area contributed by atoms with Crippen molar-refractivity contribution in [1.29, 1.82) is 0 Å². The van der Waals surface area contributed by atoms with Crippen LogP contribution in [-0.4, -0.2) is 12.1 Å². The number of hydrogen-bond donors (Lipinski definition) is 0. The van der Waals surface area contributed by atoms with E-state index in [1.165, 1.54) is 12.8 Å². The molecule has 2 heteroatoms. The maximum absolute atomic E-state index is 11.1. The van der Waals surface area contributed by atoms with E-state index in [-0.39, 0.29) is 12.1 Å². The second-order valence-electron chi connectivity index (χ2n) is 3.50. The molecule has 0 bridgehead atoms. The zero-order chi connectivity index (χ0) is 8.81. The zero-order valence-electron chi connectivity index (χ0n) is 7.84. The van der Waals surface area contributed by atoms with Crippen LogP contribution in [0.1, 0.15) is 51.9 Å². The van der Waals surface area contributed by atoms with E-state index in [1.54, 1.807) is 0 Å². The first-order valence-electron chi connectivity index (χ1n) is 5.02. The Morgan fingerprint density at radius 2 is 2.25 bits per heavy atom. The van der Waals surface area contributed by atoms with Crippen molar-refractivity contribution >= 4 is 5.97 Å². The lowest BCUT2D eigenvalue weighted by atomic mass is 10.0. The minimum Gasteiger partial charge on any atom is -0.462 e. The average Bonchev–Trinajstić information content (AvgIpc) is 2.00. The fraction of sp³-hybridized carbons (Fsp3) is 0.900. The molecule has 0 aromatic rings. The number of ether oxygens (including phenoxy) is 1. The predicted molar refractivity (Wildman–Crippen MR) is 47.9 cm³/mol. The van der Waals surface area contributed by atoms with E-state index < -0.39 is 0 Å². The van der Waals surface area contributed by atoms with Crippen LogP contribution < -0.4 is 0 Å². The molecule has 1 saturated heterocycles. The third kappa shape index (κ3) is 3.24. The Balaban J connectivity index is 2.33. The van der Waals surface area contributed by atoms with Crippen LogP contribution in [0.15, 0.2) is 0 Å². The number of carbonyl (C=O) groups is 1. The van der Waals surface area contributed by atoms with Crippen LogP contribution in [0, 0.1) is 0 Å². The van der Waals surface area contributed by atoms with Crippen LogP contribution >= 0.6 is 0 Å². The minimum absolute atomic E-state index is 0.00755. The van der Waals surface area contributed by atoms with Crippen LogP contribution in [-0.2, 0) is 9.53 Å². The third-order valence-corrected chi connectivity index (χ3v) is 2.32. The van der Waals surface area contributed by atoms with Crippen LogP contribution in [0.4, 0.5) is 0 Å². The molecule has 0 saturated carbocycles. The van der Waals surface area contributed by atoms with Crippen molar-refractivity contribution in [2.75, 3.05) is 0 Å². The fourth-order valence-corrected chi connectivity index (χ4v) is 1.65. The van der Waals surface area contributed by atoms with Gasteiger partial charge in [-0.15, -0.1) is 0 Å². The van der Waals surface area contributed by atoms with Gasteiger partial charge in [-0.2, -0.15) is 0 Å². The van der Waals surface area contributed by atoms with Crippen LogP contribution in [0.5, 0.6) is 0 Å². The van der Waals surface area contributed by atoms with E-state index in [0.29, 0.717) is 6.42 Å². The summed E-state index contributed by atoms with van der Waals surface area (Å²) in [6.45, 7) is 2.13. The summed E-state index contributed by atoms with van der Waals surface area (Å²) in [6, 6.07) is 0. The molecule has 2 nitrogen and oxygen atoms in total. The highest BCUT2D eigenvalue weighted by atomic mass is 16.5. The van der Waals surface area contributed by atoms with E-state index in [0.717, 1.165) is 25.7 Å². The summed E-state index contributed by atoms with van der Waals surface area (Å²) in [5, 5.41) is 0. The van der Waals surface area contributed by atoms with Gasteiger partial charge in [-0.05, 0) is 25.7 Å². The summed E-state index contributed by atoms with van der Waals surface area (Å²) < 4.78 is 5.29. The molecular formula is C10H18O2. The summed E-state index contributed by atoms with van der Waals surface area (Å²) in [4.78, 5) is 11.1. The largest absolute Gasteiger partial charge is 0.462 e. The Morgan fingerprint density at radius 1 is 1.42 bits per heavy atom. The standard InChI is InChI=1S/C10H18O2/c1-2-6-9-7-4-3-5-8-10(11)12-9/h9H,2-8H2,1H3. The lowest BCUT2D eigenvalue weighted by Gasteiger charge is -2.19. The molecule has 0 N–H and O–H groups in total. The first-order chi connectivity index (χ1) is 5.83. The van der Waals surface area contributed by atoms with Crippen molar-refractivity contribution in [2.24, 2.45) is 0 Å². The molecule has 1 rings (SSSR count). The second-order valence-corrected chi connectivity index (χ2v) is 3.50. The Kier molecular flexibility index (Phi) is 4.12. The highest BCUT2D eigenvalue weighted by Gasteiger charge is 2.15. The van der Waals surface area contributed by atoms with Gasteiger partial charge in [0.2, 0.25) is 0 Å². The van der Waals surface area contributed by atoms with E-state index >= 15 is 0 Å². The van der Waals surface area contributed by atoms with Gasteiger partial charge in [-0.25, -0.2) is 0 Å². The molecular weight excluding hydrogens is 152 g/mol. The number of esters is 1. The van der Waals surface area contributed by atoms with Gasteiger partial charge in [0.05, 0.1) is 0 Å². The Labute approximate surface area is 74.3 Å². The van der Waals surface area contributed by atoms with Crippen LogP contribution in [0.25, 0.3) is 0 Å². The maximum atomic E-state index is 11.1. The van der Waals surface area contributed by atoms with Gasteiger partial charge < -0.3 is 4.74 Å². The summed E-state index contributed by atoms with van der Waals surface area (Å²) in [7, 11) is 0. The van der Waals surface area contributed by atoms with Gasteiger partial charge >= 0.3 is 5.97 Å². The van der Waals surface area contributed by atoms with Crippen molar-refractivity contribution in [3.63, 3.8) is 0 Å². The monoisotopic (exact) mass is 170 g/mol. The van der Waals surface area contributed by atoms with E-state index in [9.17, 15) is 4.79 Å². The molecule has 1 heterocycles. The van der Waals surface area contributed by atoms with Gasteiger partial charge in [0.15, 0.2) is 0 Å². The number of cyclic esters (lactones) is 1. The predicted octanol–water partition coefficient (Wildman–Crippen LogP) is 2.66. The average molecular weight is 170 g/mol. The number of rotatable bonds is 2. The summed E-state index contributed by atoms with van der Waals surface area (Å²) in [5.74, 6) is 0.00755. The summed E-state index contributed by atoms with van der Waals surface area (Å²) in [6.07, 6.45) is 7.47. The highest BCUT2D eigenvalue weighted by molar-refractivity contribution is 5.69. The molecule has 0 amide bonds.